The first kappa shape index (κ1) is 22.4. The average molecular weight is 455 g/mol. The predicted molar refractivity (Wildman–Crippen MR) is 111 cm³/mol. The fourth-order valence-corrected chi connectivity index (χ4v) is 6.10. The summed E-state index contributed by atoms with van der Waals surface area (Å²) in [4.78, 5) is 14.3. The third-order valence-electron chi connectivity index (χ3n) is 5.16. The minimum atomic E-state index is -3.64. The highest BCUT2D eigenvalue weighted by Gasteiger charge is 2.34. The van der Waals surface area contributed by atoms with E-state index in [0.717, 1.165) is 4.31 Å². The number of benzene rings is 2. The van der Waals surface area contributed by atoms with Gasteiger partial charge in [-0.1, -0.05) is 18.2 Å². The molecule has 30 heavy (non-hydrogen) atoms. The van der Waals surface area contributed by atoms with Crippen LogP contribution in [0.3, 0.4) is 0 Å². The average Bonchev–Trinajstić information content (AvgIpc) is 2.86. The van der Waals surface area contributed by atoms with E-state index in [9.17, 15) is 26.0 Å². The largest absolute Gasteiger partial charge is 0.338 e. The lowest BCUT2D eigenvalue weighted by atomic mass is 10.1. The van der Waals surface area contributed by atoms with Crippen molar-refractivity contribution in [3.05, 3.63) is 65.5 Å². The molecule has 1 amide bonds. The van der Waals surface area contributed by atoms with Crippen LogP contribution in [0.5, 0.6) is 0 Å². The second kappa shape index (κ2) is 8.44. The Morgan fingerprint density at radius 3 is 2.30 bits per heavy atom. The molecule has 0 aliphatic carbocycles. The van der Waals surface area contributed by atoms with Crippen LogP contribution in [0.15, 0.2) is 53.4 Å². The SMILES string of the molecule is CN(C)S(=O)(=O)c1ccc(C(=O)N2CCC(c3ccccc3F)S(=O)(=O)CC2)cc1. The molecule has 2 aromatic carbocycles. The standard InChI is InChI=1S/C20H23FN2O5S2/c1-22(2)30(27,28)16-9-7-15(8-10-16)20(24)23-12-11-19(29(25,26)14-13-23)17-5-3-4-6-18(17)21/h3-10,19H,11-14H2,1-2H3. The van der Waals surface area contributed by atoms with Crippen molar-refractivity contribution in [2.75, 3.05) is 32.9 Å². The summed E-state index contributed by atoms with van der Waals surface area (Å²) >= 11 is 0. The van der Waals surface area contributed by atoms with Crippen LogP contribution in [-0.2, 0) is 19.9 Å². The Labute approximate surface area is 176 Å². The Balaban J connectivity index is 1.81. The molecule has 1 saturated heterocycles. The molecule has 1 fully saturated rings. The number of amides is 1. The Kier molecular flexibility index (Phi) is 6.30. The van der Waals surface area contributed by atoms with Crippen LogP contribution >= 0.6 is 0 Å². The Morgan fingerprint density at radius 1 is 1.07 bits per heavy atom. The molecular weight excluding hydrogens is 431 g/mol. The molecule has 7 nitrogen and oxygen atoms in total. The fourth-order valence-electron chi connectivity index (χ4n) is 3.40. The van der Waals surface area contributed by atoms with Gasteiger partial charge in [0.1, 0.15) is 5.82 Å². The normalized spacial score (nSPS) is 19.5. The maximum Gasteiger partial charge on any atom is 0.253 e. The molecule has 1 heterocycles. The lowest BCUT2D eigenvalue weighted by Gasteiger charge is -2.20. The number of nitrogens with zero attached hydrogens (tertiary/aromatic N) is 2. The predicted octanol–water partition coefficient (Wildman–Crippen LogP) is 2.08. The van der Waals surface area contributed by atoms with E-state index in [2.05, 4.69) is 0 Å². The van der Waals surface area contributed by atoms with Crippen LogP contribution in [0.1, 0.15) is 27.6 Å². The number of sulfone groups is 1. The zero-order valence-electron chi connectivity index (χ0n) is 16.7. The highest BCUT2D eigenvalue weighted by atomic mass is 32.2. The molecule has 0 saturated carbocycles. The molecule has 1 aliphatic heterocycles. The van der Waals surface area contributed by atoms with Crippen LogP contribution in [-0.4, -0.2) is 64.9 Å². The van der Waals surface area contributed by atoms with Gasteiger partial charge in [-0.05, 0) is 36.8 Å². The molecule has 162 valence electrons. The van der Waals surface area contributed by atoms with Crippen LogP contribution in [0.25, 0.3) is 0 Å². The van der Waals surface area contributed by atoms with Gasteiger partial charge >= 0.3 is 0 Å². The number of carbonyl (C=O) groups excluding carboxylic acids is 1. The first-order valence-corrected chi connectivity index (χ1v) is 12.5. The lowest BCUT2D eigenvalue weighted by Crippen LogP contribution is -2.33. The van der Waals surface area contributed by atoms with Crippen molar-refractivity contribution in [3.63, 3.8) is 0 Å². The van der Waals surface area contributed by atoms with Crippen molar-refractivity contribution in [3.8, 4) is 0 Å². The number of sulfonamides is 1. The molecule has 0 radical (unpaired) electrons. The molecule has 10 heteroatoms. The van der Waals surface area contributed by atoms with Crippen molar-refractivity contribution < 1.29 is 26.0 Å². The molecule has 3 rings (SSSR count). The lowest BCUT2D eigenvalue weighted by molar-refractivity contribution is 0.0766. The van der Waals surface area contributed by atoms with E-state index in [1.165, 1.54) is 61.5 Å². The molecule has 1 aliphatic rings. The van der Waals surface area contributed by atoms with Crippen molar-refractivity contribution >= 4 is 25.8 Å². The summed E-state index contributed by atoms with van der Waals surface area (Å²) in [5, 5.41) is -1.01. The van der Waals surface area contributed by atoms with E-state index < -0.39 is 36.8 Å². The van der Waals surface area contributed by atoms with Crippen LogP contribution < -0.4 is 0 Å². The Hall–Kier alpha value is -2.30. The highest BCUT2D eigenvalue weighted by Crippen LogP contribution is 2.31. The summed E-state index contributed by atoms with van der Waals surface area (Å²) in [5.41, 5.74) is 0.375. The molecule has 0 N–H and O–H groups in total. The molecule has 0 spiro atoms. The number of rotatable bonds is 4. The van der Waals surface area contributed by atoms with E-state index in [1.807, 2.05) is 0 Å². The molecule has 0 aromatic heterocycles. The smallest absolute Gasteiger partial charge is 0.253 e. The number of hydrogen-bond donors (Lipinski definition) is 0. The van der Waals surface area contributed by atoms with Crippen LogP contribution in [0.4, 0.5) is 4.39 Å². The van der Waals surface area contributed by atoms with E-state index >= 15 is 0 Å². The van der Waals surface area contributed by atoms with Gasteiger partial charge in [0.2, 0.25) is 10.0 Å². The first-order chi connectivity index (χ1) is 14.0. The Bertz CT molecular complexity index is 1150. The first-order valence-electron chi connectivity index (χ1n) is 9.32. The van der Waals surface area contributed by atoms with Crippen molar-refractivity contribution in [1.82, 2.24) is 9.21 Å². The van der Waals surface area contributed by atoms with Gasteiger partial charge in [0.05, 0.1) is 15.9 Å². The topological polar surface area (TPSA) is 91.8 Å². The third-order valence-corrected chi connectivity index (χ3v) is 9.10. The summed E-state index contributed by atoms with van der Waals surface area (Å²) in [7, 11) is -4.42. The van der Waals surface area contributed by atoms with Crippen molar-refractivity contribution in [2.24, 2.45) is 0 Å². The monoisotopic (exact) mass is 454 g/mol. The van der Waals surface area contributed by atoms with Gasteiger partial charge in [0.25, 0.3) is 5.91 Å². The van der Waals surface area contributed by atoms with Gasteiger partial charge in [0, 0.05) is 38.3 Å². The quantitative estimate of drug-likeness (QED) is 0.705. The molecule has 0 bridgehead atoms. The second-order valence-corrected chi connectivity index (χ2v) is 11.7. The summed E-state index contributed by atoms with van der Waals surface area (Å²) in [6.07, 6.45) is 0.0854. The van der Waals surface area contributed by atoms with E-state index in [1.54, 1.807) is 6.07 Å². The maximum atomic E-state index is 14.2. The van der Waals surface area contributed by atoms with Crippen LogP contribution in [0, 0.1) is 5.82 Å². The zero-order chi connectivity index (χ0) is 22.1. The number of carbonyl (C=O) groups is 1. The molecule has 1 unspecified atom stereocenters. The van der Waals surface area contributed by atoms with Gasteiger partial charge in [-0.15, -0.1) is 0 Å². The van der Waals surface area contributed by atoms with Gasteiger partial charge in [0.15, 0.2) is 9.84 Å². The summed E-state index contributed by atoms with van der Waals surface area (Å²) in [6.45, 7) is 0.138. The summed E-state index contributed by atoms with van der Waals surface area (Å²) in [6, 6.07) is 11.3. The van der Waals surface area contributed by atoms with E-state index in [-0.39, 0.29) is 41.3 Å². The minimum Gasteiger partial charge on any atom is -0.338 e. The van der Waals surface area contributed by atoms with Crippen molar-refractivity contribution in [1.29, 1.82) is 0 Å². The van der Waals surface area contributed by atoms with E-state index in [4.69, 9.17) is 0 Å². The molecular formula is C20H23FN2O5S2. The summed E-state index contributed by atoms with van der Waals surface area (Å²) < 4.78 is 65.0. The van der Waals surface area contributed by atoms with Crippen LogP contribution in [0.2, 0.25) is 0 Å². The third kappa shape index (κ3) is 4.40. The second-order valence-electron chi connectivity index (χ2n) is 7.27. The van der Waals surface area contributed by atoms with Gasteiger partial charge in [-0.2, -0.15) is 0 Å². The van der Waals surface area contributed by atoms with Gasteiger partial charge in [-0.3, -0.25) is 4.79 Å². The maximum absolute atomic E-state index is 14.2. The fraction of sp³-hybridized carbons (Fsp3) is 0.350. The number of halogens is 1. The minimum absolute atomic E-state index is 0.0101. The number of hydrogen-bond acceptors (Lipinski definition) is 5. The zero-order valence-corrected chi connectivity index (χ0v) is 18.3. The molecule has 2 aromatic rings. The van der Waals surface area contributed by atoms with E-state index in [0.29, 0.717) is 0 Å². The van der Waals surface area contributed by atoms with Crippen molar-refractivity contribution in [2.45, 2.75) is 16.6 Å². The Morgan fingerprint density at radius 2 is 1.70 bits per heavy atom. The highest BCUT2D eigenvalue weighted by molar-refractivity contribution is 7.91. The molecule has 1 atom stereocenters. The van der Waals surface area contributed by atoms with Gasteiger partial charge in [-0.25, -0.2) is 25.5 Å². The summed E-state index contributed by atoms with van der Waals surface area (Å²) in [5.74, 6) is -1.25. The van der Waals surface area contributed by atoms with Gasteiger partial charge < -0.3 is 4.90 Å².